The van der Waals surface area contributed by atoms with Gasteiger partial charge in [0.25, 0.3) is 0 Å². The number of halogens is 1. The normalized spacial score (nSPS) is 10.1. The highest BCUT2D eigenvalue weighted by atomic mass is 35.5. The molecule has 0 bridgehead atoms. The number of alkyl halides is 1. The van der Waals surface area contributed by atoms with Crippen molar-refractivity contribution >= 4 is 35.4 Å². The first-order chi connectivity index (χ1) is 13.4. The van der Waals surface area contributed by atoms with E-state index in [1.165, 1.54) is 21.5 Å². The van der Waals surface area contributed by atoms with Crippen molar-refractivity contribution < 1.29 is 0 Å². The molecule has 0 radical (unpaired) electrons. The summed E-state index contributed by atoms with van der Waals surface area (Å²) in [4.78, 5) is 0. The maximum atomic E-state index is 5.53. The van der Waals surface area contributed by atoms with Crippen LogP contribution in [0.2, 0.25) is 0 Å². The van der Waals surface area contributed by atoms with Gasteiger partial charge >= 0.3 is 0 Å². The van der Waals surface area contributed by atoms with Crippen LogP contribution in [-0.2, 0) is 5.88 Å². The molecule has 4 aromatic carbocycles. The van der Waals surface area contributed by atoms with Crippen LogP contribution in [0, 0.1) is 0 Å². The van der Waals surface area contributed by atoms with E-state index in [-0.39, 0.29) is 0 Å². The highest BCUT2D eigenvalue weighted by Gasteiger charge is 2.24. The highest BCUT2D eigenvalue weighted by molar-refractivity contribution is 7.79. The summed E-state index contributed by atoms with van der Waals surface area (Å²) in [5, 5.41) is 4.31. The van der Waals surface area contributed by atoms with Gasteiger partial charge in [-0.2, -0.15) is 0 Å². The summed E-state index contributed by atoms with van der Waals surface area (Å²) >= 11 is 5.53. The van der Waals surface area contributed by atoms with E-state index in [1.54, 1.807) is 0 Å². The third kappa shape index (κ3) is 5.79. The van der Waals surface area contributed by atoms with E-state index in [4.69, 9.17) is 11.6 Å². The van der Waals surface area contributed by atoms with Gasteiger partial charge < -0.3 is 0 Å². The minimum absolute atomic E-state index is 0.612. The first kappa shape index (κ1) is 19.4. The molecular weight excluding hydrogens is 367 g/mol. The molecule has 0 saturated heterocycles. The molecule has 27 heavy (non-hydrogen) atoms. The van der Waals surface area contributed by atoms with Gasteiger partial charge in [-0.25, -0.2) is 0 Å². The van der Waals surface area contributed by atoms with Crippen molar-refractivity contribution in [3.05, 3.63) is 127 Å². The largest absolute Gasteiger partial charge is 0.122 e. The zero-order valence-corrected chi connectivity index (χ0v) is 16.9. The van der Waals surface area contributed by atoms with Crippen LogP contribution in [0.3, 0.4) is 0 Å². The summed E-state index contributed by atoms with van der Waals surface area (Å²) in [6.45, 7) is 0. The van der Waals surface area contributed by atoms with E-state index in [9.17, 15) is 0 Å². The smallest absolute Gasteiger partial charge is 0.102 e. The average molecular weight is 390 g/mol. The molecule has 0 unspecified atom stereocenters. The average Bonchev–Trinajstić information content (AvgIpc) is 2.77. The van der Waals surface area contributed by atoms with Crippen LogP contribution < -0.4 is 15.9 Å². The van der Waals surface area contributed by atoms with E-state index < -0.39 is 7.92 Å². The van der Waals surface area contributed by atoms with Crippen molar-refractivity contribution in [1.82, 2.24) is 0 Å². The highest BCUT2D eigenvalue weighted by Crippen LogP contribution is 2.32. The van der Waals surface area contributed by atoms with Gasteiger partial charge in [0.05, 0.1) is 7.92 Å². The van der Waals surface area contributed by atoms with Gasteiger partial charge in [-0.15, -0.1) is 11.6 Å². The molecule has 0 atom stereocenters. The van der Waals surface area contributed by atoms with Crippen LogP contribution in [0.1, 0.15) is 5.56 Å². The monoisotopic (exact) mass is 389 g/mol. The molecule has 0 amide bonds. The molecule has 0 nitrogen and oxygen atoms in total. The second kappa shape index (κ2) is 10.7. The first-order valence-electron chi connectivity index (χ1n) is 9.01. The predicted octanol–water partition coefficient (Wildman–Crippen LogP) is 5.60. The molecule has 4 rings (SSSR count). The SMILES string of the molecule is ClCc1ccccc1.c1ccc([PH+](c2ccccc2)c2ccccc2)cc1. The lowest BCUT2D eigenvalue weighted by Gasteiger charge is -2.10. The standard InChI is InChI=1S/C18H15P.C7H7Cl/c1-4-10-16(11-5-1)19(17-12-6-2-7-13-17)18-14-8-3-9-15-18;8-6-7-4-2-1-3-5-7/h1-15H;1-5H,6H2/p+1. The van der Waals surface area contributed by atoms with Gasteiger partial charge in [0.2, 0.25) is 0 Å². The maximum Gasteiger partial charge on any atom is 0.102 e. The zero-order chi connectivity index (χ0) is 18.7. The molecule has 0 aliphatic rings. The van der Waals surface area contributed by atoms with Gasteiger partial charge in [-0.05, 0) is 42.0 Å². The fourth-order valence-corrected chi connectivity index (χ4v) is 5.64. The van der Waals surface area contributed by atoms with Crippen LogP contribution in [-0.4, -0.2) is 0 Å². The summed E-state index contributed by atoms with van der Waals surface area (Å²) in [5.41, 5.74) is 1.18. The third-order valence-electron chi connectivity index (χ3n) is 4.18. The summed E-state index contributed by atoms with van der Waals surface area (Å²) in [7, 11) is -0.877. The second-order valence-electron chi connectivity index (χ2n) is 6.09. The lowest BCUT2D eigenvalue weighted by Crippen LogP contribution is -2.20. The Morgan fingerprint density at radius 2 is 0.741 bits per heavy atom. The molecule has 4 aromatic rings. The summed E-state index contributed by atoms with van der Waals surface area (Å²) in [5.74, 6) is 0.612. The molecule has 0 fully saturated rings. The Labute approximate surface area is 168 Å². The molecule has 0 aromatic heterocycles. The van der Waals surface area contributed by atoms with Crippen molar-refractivity contribution in [2.24, 2.45) is 0 Å². The molecule has 0 aliphatic heterocycles. The Morgan fingerprint density at radius 1 is 0.444 bits per heavy atom. The van der Waals surface area contributed by atoms with E-state index in [1.807, 2.05) is 30.3 Å². The summed E-state index contributed by atoms with van der Waals surface area (Å²) < 4.78 is 0. The zero-order valence-electron chi connectivity index (χ0n) is 15.1. The lowest BCUT2D eigenvalue weighted by molar-refractivity contribution is 1.41. The summed E-state index contributed by atoms with van der Waals surface area (Å²) in [6.07, 6.45) is 0. The van der Waals surface area contributed by atoms with Crippen molar-refractivity contribution in [2.45, 2.75) is 5.88 Å². The molecule has 0 N–H and O–H groups in total. The van der Waals surface area contributed by atoms with Crippen LogP contribution >= 0.6 is 19.5 Å². The van der Waals surface area contributed by atoms with Crippen molar-refractivity contribution in [2.75, 3.05) is 0 Å². The number of hydrogen-bond donors (Lipinski definition) is 0. The number of benzene rings is 4. The first-order valence-corrected chi connectivity index (χ1v) is 11.0. The topological polar surface area (TPSA) is 0 Å². The minimum Gasteiger partial charge on any atom is -0.122 e. The van der Waals surface area contributed by atoms with Crippen LogP contribution in [0.25, 0.3) is 0 Å². The third-order valence-corrected chi connectivity index (χ3v) is 7.23. The fourth-order valence-electron chi connectivity index (χ4n) is 2.88. The van der Waals surface area contributed by atoms with Crippen molar-refractivity contribution in [1.29, 1.82) is 0 Å². The van der Waals surface area contributed by atoms with E-state index >= 15 is 0 Å². The Balaban J connectivity index is 0.000000221. The van der Waals surface area contributed by atoms with Gasteiger partial charge in [0.15, 0.2) is 0 Å². The van der Waals surface area contributed by atoms with Crippen molar-refractivity contribution in [3.63, 3.8) is 0 Å². The minimum atomic E-state index is -0.877. The van der Waals surface area contributed by atoms with Gasteiger partial charge in [-0.1, -0.05) is 84.9 Å². The molecule has 2 heteroatoms. The van der Waals surface area contributed by atoms with Crippen LogP contribution in [0.5, 0.6) is 0 Å². The Kier molecular flexibility index (Phi) is 7.66. The molecule has 0 heterocycles. The lowest BCUT2D eigenvalue weighted by atomic mass is 10.2. The van der Waals surface area contributed by atoms with Gasteiger partial charge in [0.1, 0.15) is 15.9 Å². The molecule has 0 saturated carbocycles. The van der Waals surface area contributed by atoms with Gasteiger partial charge in [-0.3, -0.25) is 0 Å². The van der Waals surface area contributed by atoms with E-state index in [0.717, 1.165) is 0 Å². The molecule has 134 valence electrons. The van der Waals surface area contributed by atoms with E-state index in [0.29, 0.717) is 5.88 Å². The quantitative estimate of drug-likeness (QED) is 0.314. The molecule has 0 spiro atoms. The van der Waals surface area contributed by atoms with Crippen LogP contribution in [0.4, 0.5) is 0 Å². The van der Waals surface area contributed by atoms with Gasteiger partial charge in [0, 0.05) is 5.88 Å². The second-order valence-corrected chi connectivity index (χ2v) is 8.84. The Bertz CT molecular complexity index is 800. The predicted molar refractivity (Wildman–Crippen MR) is 123 cm³/mol. The van der Waals surface area contributed by atoms with Crippen LogP contribution in [0.15, 0.2) is 121 Å². The fraction of sp³-hybridized carbons (Fsp3) is 0.0400. The number of rotatable bonds is 4. The van der Waals surface area contributed by atoms with Crippen molar-refractivity contribution in [3.8, 4) is 0 Å². The van der Waals surface area contributed by atoms with E-state index in [2.05, 4.69) is 91.0 Å². The maximum absolute atomic E-state index is 5.53. The Hall–Kier alpha value is -2.40. The molecular formula is C25H23ClP+. The number of hydrogen-bond acceptors (Lipinski definition) is 0. The summed E-state index contributed by atoms with van der Waals surface area (Å²) in [6, 6.07) is 42.5. The molecule has 0 aliphatic carbocycles. The Morgan fingerprint density at radius 3 is 1.00 bits per heavy atom.